The summed E-state index contributed by atoms with van der Waals surface area (Å²) in [6.07, 6.45) is 1.53. The van der Waals surface area contributed by atoms with Gasteiger partial charge in [0.2, 0.25) is 5.82 Å². The van der Waals surface area contributed by atoms with Gasteiger partial charge in [0.1, 0.15) is 0 Å². The first kappa shape index (κ1) is 12.2. The van der Waals surface area contributed by atoms with Gasteiger partial charge in [-0.3, -0.25) is 0 Å². The van der Waals surface area contributed by atoms with Crippen molar-refractivity contribution < 1.29 is 18.5 Å². The standard InChI is InChI=1S/C14H10N2O4/c1-18-14(17)10-6-4-9(5-7-10)12-15-13(20-16-12)11-3-2-8-19-11/h2-8H,1H3. The van der Waals surface area contributed by atoms with Crippen molar-refractivity contribution >= 4 is 5.97 Å². The molecule has 0 saturated heterocycles. The van der Waals surface area contributed by atoms with Crippen LogP contribution in [0.4, 0.5) is 0 Å². The Hall–Kier alpha value is -2.89. The zero-order valence-electron chi connectivity index (χ0n) is 10.6. The molecule has 6 nitrogen and oxygen atoms in total. The number of methoxy groups -OCH3 is 1. The summed E-state index contributed by atoms with van der Waals surface area (Å²) in [5.41, 5.74) is 1.20. The molecular weight excluding hydrogens is 260 g/mol. The molecule has 1 aromatic carbocycles. The second kappa shape index (κ2) is 5.00. The van der Waals surface area contributed by atoms with Crippen molar-refractivity contribution in [3.05, 3.63) is 48.2 Å². The average Bonchev–Trinajstić information content (AvgIpc) is 3.17. The summed E-state index contributed by atoms with van der Waals surface area (Å²) in [6, 6.07) is 10.2. The molecule has 0 radical (unpaired) electrons. The normalized spacial score (nSPS) is 10.4. The van der Waals surface area contributed by atoms with Gasteiger partial charge in [0.05, 0.1) is 18.9 Å². The van der Waals surface area contributed by atoms with E-state index in [-0.39, 0.29) is 5.97 Å². The van der Waals surface area contributed by atoms with Crippen molar-refractivity contribution in [1.29, 1.82) is 0 Å². The Bertz CT molecular complexity index is 714. The third-order valence-corrected chi connectivity index (χ3v) is 2.72. The zero-order valence-corrected chi connectivity index (χ0v) is 10.6. The summed E-state index contributed by atoms with van der Waals surface area (Å²) in [5.74, 6) is 0.853. The Morgan fingerprint density at radius 1 is 1.20 bits per heavy atom. The highest BCUT2D eigenvalue weighted by Gasteiger charge is 2.13. The minimum absolute atomic E-state index is 0.307. The van der Waals surface area contributed by atoms with E-state index < -0.39 is 0 Å². The quantitative estimate of drug-likeness (QED) is 0.681. The molecule has 0 N–H and O–H groups in total. The monoisotopic (exact) mass is 270 g/mol. The van der Waals surface area contributed by atoms with Gasteiger partial charge in [0, 0.05) is 5.56 Å². The number of hydrogen-bond donors (Lipinski definition) is 0. The molecule has 0 fully saturated rings. The van der Waals surface area contributed by atoms with Crippen molar-refractivity contribution in [2.45, 2.75) is 0 Å². The van der Waals surface area contributed by atoms with Crippen LogP contribution < -0.4 is 0 Å². The van der Waals surface area contributed by atoms with Gasteiger partial charge in [-0.15, -0.1) is 0 Å². The zero-order chi connectivity index (χ0) is 13.9. The predicted molar refractivity (Wildman–Crippen MR) is 68.8 cm³/mol. The number of carbonyl (C=O) groups excluding carboxylic acids is 1. The number of furan rings is 1. The van der Waals surface area contributed by atoms with E-state index in [4.69, 9.17) is 8.94 Å². The van der Waals surface area contributed by atoms with E-state index in [1.807, 2.05) is 0 Å². The van der Waals surface area contributed by atoms with Crippen LogP contribution >= 0.6 is 0 Å². The van der Waals surface area contributed by atoms with Crippen LogP contribution in [0, 0.1) is 0 Å². The number of carbonyl (C=O) groups is 1. The lowest BCUT2D eigenvalue weighted by Gasteiger charge is -1.99. The topological polar surface area (TPSA) is 78.4 Å². The fraction of sp³-hybridized carbons (Fsp3) is 0.0714. The molecular formula is C14H10N2O4. The molecule has 0 saturated carbocycles. The minimum Gasteiger partial charge on any atom is -0.465 e. The largest absolute Gasteiger partial charge is 0.465 e. The number of esters is 1. The Labute approximate surface area is 114 Å². The van der Waals surface area contributed by atoms with Gasteiger partial charge in [-0.1, -0.05) is 17.3 Å². The maximum atomic E-state index is 11.3. The van der Waals surface area contributed by atoms with Crippen LogP contribution in [0.5, 0.6) is 0 Å². The predicted octanol–water partition coefficient (Wildman–Crippen LogP) is 2.78. The first-order chi connectivity index (χ1) is 9.78. The second-order valence-corrected chi connectivity index (χ2v) is 3.97. The van der Waals surface area contributed by atoms with E-state index in [0.29, 0.717) is 23.0 Å². The highest BCUT2D eigenvalue weighted by molar-refractivity contribution is 5.89. The molecule has 0 aliphatic carbocycles. The fourth-order valence-electron chi connectivity index (χ4n) is 1.71. The number of hydrogen-bond acceptors (Lipinski definition) is 6. The summed E-state index contributed by atoms with van der Waals surface area (Å²) in [4.78, 5) is 15.6. The number of ether oxygens (including phenoxy) is 1. The minimum atomic E-state index is -0.388. The second-order valence-electron chi connectivity index (χ2n) is 3.97. The molecule has 2 aromatic heterocycles. The third kappa shape index (κ3) is 2.18. The van der Waals surface area contributed by atoms with Crippen molar-refractivity contribution in [3.8, 4) is 23.0 Å². The molecule has 2 heterocycles. The highest BCUT2D eigenvalue weighted by Crippen LogP contribution is 2.22. The third-order valence-electron chi connectivity index (χ3n) is 2.72. The van der Waals surface area contributed by atoms with E-state index in [0.717, 1.165) is 5.56 Å². The van der Waals surface area contributed by atoms with Gasteiger partial charge in [-0.25, -0.2) is 4.79 Å². The molecule has 100 valence electrons. The van der Waals surface area contributed by atoms with Crippen LogP contribution in [0.3, 0.4) is 0 Å². The van der Waals surface area contributed by atoms with Crippen molar-refractivity contribution in [1.82, 2.24) is 10.1 Å². The summed E-state index contributed by atoms with van der Waals surface area (Å²) < 4.78 is 14.9. The summed E-state index contributed by atoms with van der Waals surface area (Å²) >= 11 is 0. The van der Waals surface area contributed by atoms with Crippen molar-refractivity contribution in [2.24, 2.45) is 0 Å². The number of nitrogens with zero attached hydrogens (tertiary/aromatic N) is 2. The Balaban J connectivity index is 1.88. The van der Waals surface area contributed by atoms with Gasteiger partial charge in [-0.05, 0) is 24.3 Å². The van der Waals surface area contributed by atoms with Crippen LogP contribution in [-0.2, 0) is 4.74 Å². The smallest absolute Gasteiger partial charge is 0.337 e. The van der Waals surface area contributed by atoms with Crippen LogP contribution in [0.1, 0.15) is 10.4 Å². The molecule has 3 aromatic rings. The van der Waals surface area contributed by atoms with Crippen LogP contribution in [0.25, 0.3) is 23.0 Å². The Morgan fingerprint density at radius 3 is 2.65 bits per heavy atom. The van der Waals surface area contributed by atoms with Gasteiger partial charge >= 0.3 is 5.97 Å². The molecule has 0 bridgehead atoms. The number of rotatable bonds is 3. The van der Waals surface area contributed by atoms with Crippen molar-refractivity contribution in [2.75, 3.05) is 7.11 Å². The molecule has 0 atom stereocenters. The first-order valence-corrected chi connectivity index (χ1v) is 5.84. The lowest BCUT2D eigenvalue weighted by atomic mass is 10.1. The number of aromatic nitrogens is 2. The van der Waals surface area contributed by atoms with Gasteiger partial charge < -0.3 is 13.7 Å². The maximum Gasteiger partial charge on any atom is 0.337 e. The molecule has 6 heteroatoms. The number of benzene rings is 1. The average molecular weight is 270 g/mol. The first-order valence-electron chi connectivity index (χ1n) is 5.84. The molecule has 0 amide bonds. The fourth-order valence-corrected chi connectivity index (χ4v) is 1.71. The molecule has 0 aliphatic heterocycles. The van der Waals surface area contributed by atoms with E-state index in [1.165, 1.54) is 13.4 Å². The molecule has 20 heavy (non-hydrogen) atoms. The van der Waals surface area contributed by atoms with E-state index in [1.54, 1.807) is 36.4 Å². The summed E-state index contributed by atoms with van der Waals surface area (Å²) in [7, 11) is 1.34. The van der Waals surface area contributed by atoms with Crippen molar-refractivity contribution in [3.63, 3.8) is 0 Å². The van der Waals surface area contributed by atoms with Crippen LogP contribution in [0.15, 0.2) is 51.6 Å². The van der Waals surface area contributed by atoms with E-state index in [9.17, 15) is 4.79 Å². The Morgan fingerprint density at radius 2 is 2.00 bits per heavy atom. The lowest BCUT2D eigenvalue weighted by molar-refractivity contribution is 0.0601. The summed E-state index contributed by atoms with van der Waals surface area (Å²) in [5, 5.41) is 3.87. The SMILES string of the molecule is COC(=O)c1ccc(-c2noc(-c3ccco3)n2)cc1. The maximum absolute atomic E-state index is 11.3. The van der Waals surface area contributed by atoms with Gasteiger partial charge in [-0.2, -0.15) is 4.98 Å². The Kier molecular flexibility index (Phi) is 3.04. The lowest BCUT2D eigenvalue weighted by Crippen LogP contribution is -2.00. The molecule has 0 unspecified atom stereocenters. The van der Waals surface area contributed by atoms with Gasteiger partial charge in [0.15, 0.2) is 5.76 Å². The molecule has 0 aliphatic rings. The van der Waals surface area contributed by atoms with E-state index >= 15 is 0 Å². The summed E-state index contributed by atoms with van der Waals surface area (Å²) in [6.45, 7) is 0. The molecule has 3 rings (SSSR count). The van der Waals surface area contributed by atoms with Crippen LogP contribution in [-0.4, -0.2) is 23.2 Å². The van der Waals surface area contributed by atoms with E-state index in [2.05, 4.69) is 14.9 Å². The highest BCUT2D eigenvalue weighted by atomic mass is 16.5. The van der Waals surface area contributed by atoms with Crippen LogP contribution in [0.2, 0.25) is 0 Å². The van der Waals surface area contributed by atoms with Gasteiger partial charge in [0.25, 0.3) is 5.89 Å². The molecule has 0 spiro atoms.